The molecule has 1 amide bonds. The summed E-state index contributed by atoms with van der Waals surface area (Å²) in [6, 6.07) is 14.2. The molecular formula is C25H27N5O4S. The van der Waals surface area contributed by atoms with Crippen LogP contribution in [-0.2, 0) is 10.0 Å². The third-order valence-electron chi connectivity index (χ3n) is 5.80. The van der Waals surface area contributed by atoms with E-state index in [9.17, 15) is 18.3 Å². The zero-order chi connectivity index (χ0) is 25.5. The number of sulfonamides is 1. The maximum Gasteiger partial charge on any atom is 0.421 e. The van der Waals surface area contributed by atoms with Crippen LogP contribution in [0.15, 0.2) is 53.4 Å². The van der Waals surface area contributed by atoms with Crippen LogP contribution >= 0.6 is 0 Å². The fraction of sp³-hybridized carbons (Fsp3) is 0.240. The van der Waals surface area contributed by atoms with E-state index in [1.54, 1.807) is 19.2 Å². The Kier molecular flexibility index (Phi) is 6.25. The summed E-state index contributed by atoms with van der Waals surface area (Å²) in [5, 5.41) is 12.5. The van der Waals surface area contributed by atoms with E-state index in [1.165, 1.54) is 13.0 Å². The molecule has 4 aromatic rings. The number of fused-ring (bicyclic) bond motifs is 1. The Balaban J connectivity index is 1.86. The predicted octanol–water partition coefficient (Wildman–Crippen LogP) is 4.74. The summed E-state index contributed by atoms with van der Waals surface area (Å²) in [5.74, 6) is 0.632. The van der Waals surface area contributed by atoms with Gasteiger partial charge in [0.1, 0.15) is 5.52 Å². The first kappa shape index (κ1) is 24.2. The van der Waals surface area contributed by atoms with Gasteiger partial charge in [-0.15, -0.1) is 0 Å². The molecule has 4 rings (SSSR count). The van der Waals surface area contributed by atoms with Gasteiger partial charge >= 0.3 is 6.09 Å². The smallest absolute Gasteiger partial charge is 0.421 e. The SMILES string of the molecule is CCN(C(=O)O)S(=O)(=O)c1ccc(C)cc1-c1ccc(-n2c(NC)nc3c(C)cc(C)nc32)cc1. The number of hydrogen-bond acceptors (Lipinski definition) is 6. The van der Waals surface area contributed by atoms with Gasteiger partial charge in [-0.3, -0.25) is 4.57 Å². The number of benzene rings is 2. The van der Waals surface area contributed by atoms with E-state index in [-0.39, 0.29) is 11.4 Å². The summed E-state index contributed by atoms with van der Waals surface area (Å²) >= 11 is 0. The summed E-state index contributed by atoms with van der Waals surface area (Å²) in [4.78, 5) is 20.9. The number of aromatic nitrogens is 3. The van der Waals surface area contributed by atoms with Crippen LogP contribution in [0.25, 0.3) is 28.0 Å². The van der Waals surface area contributed by atoms with Crippen LogP contribution in [0.1, 0.15) is 23.7 Å². The predicted molar refractivity (Wildman–Crippen MR) is 136 cm³/mol. The van der Waals surface area contributed by atoms with Gasteiger partial charge in [0.05, 0.1) is 10.6 Å². The minimum atomic E-state index is -4.25. The zero-order valence-electron chi connectivity index (χ0n) is 20.2. The van der Waals surface area contributed by atoms with Gasteiger partial charge in [0.15, 0.2) is 5.65 Å². The summed E-state index contributed by atoms with van der Waals surface area (Å²) in [6.07, 6.45) is -1.51. The number of aryl methyl sites for hydroxylation is 3. The molecule has 0 saturated heterocycles. The number of amides is 1. The van der Waals surface area contributed by atoms with Crippen molar-refractivity contribution in [3.63, 3.8) is 0 Å². The van der Waals surface area contributed by atoms with Crippen molar-refractivity contribution in [2.75, 3.05) is 18.9 Å². The van der Waals surface area contributed by atoms with E-state index >= 15 is 0 Å². The Labute approximate surface area is 204 Å². The molecule has 2 N–H and O–H groups in total. The molecule has 0 saturated carbocycles. The molecule has 2 aromatic heterocycles. The molecule has 0 unspecified atom stereocenters. The van der Waals surface area contributed by atoms with Crippen molar-refractivity contribution in [3.8, 4) is 16.8 Å². The van der Waals surface area contributed by atoms with Crippen molar-refractivity contribution in [2.45, 2.75) is 32.6 Å². The first-order chi connectivity index (χ1) is 16.6. The monoisotopic (exact) mass is 493 g/mol. The molecule has 9 nitrogen and oxygen atoms in total. The molecule has 0 fully saturated rings. The minimum absolute atomic E-state index is 0.0583. The highest BCUT2D eigenvalue weighted by Crippen LogP contribution is 2.32. The van der Waals surface area contributed by atoms with Crippen LogP contribution in [0.2, 0.25) is 0 Å². The summed E-state index contributed by atoms with van der Waals surface area (Å²) in [5.41, 5.74) is 6.16. The molecule has 182 valence electrons. The lowest BCUT2D eigenvalue weighted by molar-refractivity contribution is 0.173. The van der Waals surface area contributed by atoms with Crippen molar-refractivity contribution in [2.24, 2.45) is 0 Å². The Morgan fingerprint density at radius 3 is 2.34 bits per heavy atom. The van der Waals surface area contributed by atoms with Gasteiger partial charge in [0.25, 0.3) is 10.0 Å². The Bertz CT molecular complexity index is 1540. The van der Waals surface area contributed by atoms with Gasteiger partial charge in [0, 0.05) is 24.8 Å². The van der Waals surface area contributed by atoms with E-state index in [4.69, 9.17) is 0 Å². The number of imidazole rings is 1. The zero-order valence-corrected chi connectivity index (χ0v) is 21.0. The topological polar surface area (TPSA) is 117 Å². The van der Waals surface area contributed by atoms with Gasteiger partial charge < -0.3 is 10.4 Å². The van der Waals surface area contributed by atoms with Gasteiger partial charge in [-0.25, -0.2) is 27.5 Å². The van der Waals surface area contributed by atoms with E-state index in [2.05, 4.69) is 15.3 Å². The first-order valence-electron chi connectivity index (χ1n) is 11.1. The molecule has 0 aliphatic heterocycles. The third kappa shape index (κ3) is 4.21. The lowest BCUT2D eigenvalue weighted by Crippen LogP contribution is -2.35. The maximum atomic E-state index is 13.2. The molecule has 2 heterocycles. The van der Waals surface area contributed by atoms with Crippen molar-refractivity contribution < 1.29 is 18.3 Å². The quantitative estimate of drug-likeness (QED) is 0.398. The highest BCUT2D eigenvalue weighted by molar-refractivity contribution is 7.89. The number of carbonyl (C=O) groups is 1. The fourth-order valence-corrected chi connectivity index (χ4v) is 5.66. The molecule has 0 radical (unpaired) electrons. The molecule has 10 heteroatoms. The van der Waals surface area contributed by atoms with Crippen LogP contribution in [0, 0.1) is 20.8 Å². The van der Waals surface area contributed by atoms with Crippen LogP contribution in [0.3, 0.4) is 0 Å². The minimum Gasteiger partial charge on any atom is -0.464 e. The average molecular weight is 494 g/mol. The van der Waals surface area contributed by atoms with E-state index < -0.39 is 16.1 Å². The second-order valence-electron chi connectivity index (χ2n) is 8.27. The average Bonchev–Trinajstić information content (AvgIpc) is 3.17. The lowest BCUT2D eigenvalue weighted by Gasteiger charge is -2.20. The summed E-state index contributed by atoms with van der Waals surface area (Å²) in [7, 11) is -2.46. The molecule has 0 spiro atoms. The summed E-state index contributed by atoms with van der Waals surface area (Å²) in [6.45, 7) is 7.09. The molecular weight excluding hydrogens is 466 g/mol. The lowest BCUT2D eigenvalue weighted by atomic mass is 10.0. The molecule has 0 bridgehead atoms. The highest BCUT2D eigenvalue weighted by atomic mass is 32.2. The number of pyridine rings is 1. The second-order valence-corrected chi connectivity index (χ2v) is 10.1. The van der Waals surface area contributed by atoms with Crippen molar-refractivity contribution in [1.29, 1.82) is 0 Å². The number of nitrogens with one attached hydrogen (secondary N) is 1. The Morgan fingerprint density at radius 1 is 1.06 bits per heavy atom. The third-order valence-corrected chi connectivity index (χ3v) is 7.70. The number of nitrogens with zero attached hydrogens (tertiary/aromatic N) is 4. The molecule has 35 heavy (non-hydrogen) atoms. The van der Waals surface area contributed by atoms with Crippen LogP contribution in [0.4, 0.5) is 10.7 Å². The number of anilines is 1. The van der Waals surface area contributed by atoms with E-state index in [0.717, 1.165) is 33.7 Å². The van der Waals surface area contributed by atoms with Gasteiger partial charge in [-0.2, -0.15) is 0 Å². The number of carboxylic acid groups (broad SMARTS) is 1. The molecule has 0 aliphatic rings. The standard InChI is InChI=1S/C25H27N5O4S/c1-6-29(25(31)32)35(33,34)21-12-7-15(2)13-20(21)18-8-10-19(11-9-18)30-23-22(28-24(30)26-5)16(3)14-17(4)27-23/h7-14H,6H2,1-5H3,(H,26,28)(H,31,32). The van der Waals surface area contributed by atoms with Crippen molar-refractivity contribution in [3.05, 3.63) is 65.4 Å². The van der Waals surface area contributed by atoms with Crippen LogP contribution in [0.5, 0.6) is 0 Å². The Morgan fingerprint density at radius 2 is 1.74 bits per heavy atom. The van der Waals surface area contributed by atoms with Crippen LogP contribution < -0.4 is 5.32 Å². The van der Waals surface area contributed by atoms with Crippen molar-refractivity contribution >= 4 is 33.2 Å². The fourth-order valence-electron chi connectivity index (χ4n) is 4.18. The highest BCUT2D eigenvalue weighted by Gasteiger charge is 2.30. The van der Waals surface area contributed by atoms with Gasteiger partial charge in [-0.05, 0) is 63.1 Å². The molecule has 0 atom stereocenters. The molecule has 2 aromatic carbocycles. The number of rotatable bonds is 6. The molecule has 0 aliphatic carbocycles. The Hall–Kier alpha value is -3.92. The normalized spacial score (nSPS) is 11.6. The van der Waals surface area contributed by atoms with Gasteiger partial charge in [-0.1, -0.05) is 29.8 Å². The first-order valence-corrected chi connectivity index (χ1v) is 12.5. The van der Waals surface area contributed by atoms with Gasteiger partial charge in [0.2, 0.25) is 5.95 Å². The van der Waals surface area contributed by atoms with Crippen LogP contribution in [-0.4, -0.2) is 52.1 Å². The maximum absolute atomic E-state index is 13.2. The van der Waals surface area contributed by atoms with E-state index in [0.29, 0.717) is 21.4 Å². The second kappa shape index (κ2) is 9.03. The largest absolute Gasteiger partial charge is 0.464 e. The summed E-state index contributed by atoms with van der Waals surface area (Å²) < 4.78 is 28.7. The van der Waals surface area contributed by atoms with Crippen molar-refractivity contribution in [1.82, 2.24) is 18.8 Å². The van der Waals surface area contributed by atoms with E-state index in [1.807, 2.05) is 55.7 Å². The number of hydrogen-bond donors (Lipinski definition) is 2.